The largest absolute Gasteiger partial charge is 0.461 e. The SMILES string of the molecule is CC1CCCCC1OC(=O)CNCC(F)(F)F. The Bertz CT molecular complexity index is 256. The predicted octanol–water partition coefficient (Wildman–Crippen LogP) is 2.26. The zero-order valence-electron chi connectivity index (χ0n) is 9.85. The van der Waals surface area contributed by atoms with Crippen molar-refractivity contribution in [2.45, 2.75) is 44.9 Å². The Balaban J connectivity index is 2.20. The van der Waals surface area contributed by atoms with Gasteiger partial charge in [0.1, 0.15) is 6.10 Å². The van der Waals surface area contributed by atoms with E-state index in [-0.39, 0.29) is 12.6 Å². The minimum absolute atomic E-state index is 0.135. The van der Waals surface area contributed by atoms with Crippen LogP contribution >= 0.6 is 0 Å². The topological polar surface area (TPSA) is 38.3 Å². The highest BCUT2D eigenvalue weighted by Gasteiger charge is 2.28. The van der Waals surface area contributed by atoms with Gasteiger partial charge in [-0.2, -0.15) is 13.2 Å². The first kappa shape index (κ1) is 14.3. The number of hydrogen-bond donors (Lipinski definition) is 1. The van der Waals surface area contributed by atoms with Crippen molar-refractivity contribution in [1.29, 1.82) is 0 Å². The van der Waals surface area contributed by atoms with Gasteiger partial charge in [0.15, 0.2) is 0 Å². The average molecular weight is 253 g/mol. The highest BCUT2D eigenvalue weighted by atomic mass is 19.4. The van der Waals surface area contributed by atoms with Crippen LogP contribution in [0.4, 0.5) is 13.2 Å². The smallest absolute Gasteiger partial charge is 0.401 e. The average Bonchev–Trinajstić information content (AvgIpc) is 2.19. The van der Waals surface area contributed by atoms with Gasteiger partial charge in [-0.25, -0.2) is 0 Å². The zero-order valence-corrected chi connectivity index (χ0v) is 9.85. The van der Waals surface area contributed by atoms with Crippen molar-refractivity contribution in [1.82, 2.24) is 5.32 Å². The third kappa shape index (κ3) is 5.91. The Labute approximate surface area is 98.7 Å². The molecule has 0 aliphatic heterocycles. The molecule has 0 heterocycles. The summed E-state index contributed by atoms with van der Waals surface area (Å²) in [6, 6.07) is 0. The van der Waals surface area contributed by atoms with Crippen molar-refractivity contribution in [3.8, 4) is 0 Å². The van der Waals surface area contributed by atoms with E-state index in [0.29, 0.717) is 5.92 Å². The van der Waals surface area contributed by atoms with Crippen molar-refractivity contribution >= 4 is 5.97 Å². The van der Waals surface area contributed by atoms with Crippen LogP contribution in [0.25, 0.3) is 0 Å². The first-order chi connectivity index (χ1) is 7.88. The minimum Gasteiger partial charge on any atom is -0.461 e. The molecule has 0 bridgehead atoms. The van der Waals surface area contributed by atoms with Crippen LogP contribution in [-0.4, -0.2) is 31.3 Å². The van der Waals surface area contributed by atoms with Crippen molar-refractivity contribution in [2.24, 2.45) is 5.92 Å². The van der Waals surface area contributed by atoms with Crippen LogP contribution in [0.2, 0.25) is 0 Å². The van der Waals surface area contributed by atoms with Crippen molar-refractivity contribution < 1.29 is 22.7 Å². The Kier molecular flexibility index (Phi) is 5.24. The Hall–Kier alpha value is -0.780. The van der Waals surface area contributed by atoms with Crippen LogP contribution in [0, 0.1) is 5.92 Å². The second-order valence-corrected chi connectivity index (χ2v) is 4.51. The van der Waals surface area contributed by atoms with E-state index in [0.717, 1.165) is 25.7 Å². The molecule has 1 aliphatic rings. The van der Waals surface area contributed by atoms with Gasteiger partial charge in [-0.15, -0.1) is 0 Å². The molecule has 0 spiro atoms. The van der Waals surface area contributed by atoms with Gasteiger partial charge < -0.3 is 4.74 Å². The summed E-state index contributed by atoms with van der Waals surface area (Å²) in [5.74, 6) is -0.302. The third-order valence-corrected chi connectivity index (χ3v) is 2.91. The van der Waals surface area contributed by atoms with E-state index in [1.165, 1.54) is 0 Å². The monoisotopic (exact) mass is 253 g/mol. The fourth-order valence-electron chi connectivity index (χ4n) is 1.97. The van der Waals surface area contributed by atoms with E-state index in [1.54, 1.807) is 0 Å². The molecular formula is C11H18F3NO2. The standard InChI is InChI=1S/C11H18F3NO2/c1-8-4-2-3-5-9(8)17-10(16)6-15-7-11(12,13)14/h8-9,15H,2-7H2,1H3. The molecule has 17 heavy (non-hydrogen) atoms. The molecule has 100 valence electrons. The second-order valence-electron chi connectivity index (χ2n) is 4.51. The van der Waals surface area contributed by atoms with Gasteiger partial charge in [-0.05, 0) is 25.2 Å². The van der Waals surface area contributed by atoms with Crippen LogP contribution in [0.3, 0.4) is 0 Å². The maximum absolute atomic E-state index is 11.8. The molecule has 2 atom stereocenters. The van der Waals surface area contributed by atoms with Gasteiger partial charge in [0.2, 0.25) is 0 Å². The number of halogens is 3. The van der Waals surface area contributed by atoms with E-state index >= 15 is 0 Å². The van der Waals surface area contributed by atoms with Crippen molar-refractivity contribution in [3.63, 3.8) is 0 Å². The molecule has 1 rings (SSSR count). The number of carbonyl (C=O) groups excluding carboxylic acids is 1. The molecule has 0 aromatic heterocycles. The van der Waals surface area contributed by atoms with E-state index in [1.807, 2.05) is 12.2 Å². The summed E-state index contributed by atoms with van der Waals surface area (Å²) in [5.41, 5.74) is 0. The van der Waals surface area contributed by atoms with Gasteiger partial charge >= 0.3 is 12.1 Å². The van der Waals surface area contributed by atoms with Gasteiger partial charge in [0.25, 0.3) is 0 Å². The first-order valence-electron chi connectivity index (χ1n) is 5.85. The Morgan fingerprint density at radius 2 is 2.00 bits per heavy atom. The molecule has 1 N–H and O–H groups in total. The van der Waals surface area contributed by atoms with Crippen LogP contribution in [-0.2, 0) is 9.53 Å². The lowest BCUT2D eigenvalue weighted by atomic mass is 9.88. The van der Waals surface area contributed by atoms with Crippen LogP contribution in [0.5, 0.6) is 0 Å². The van der Waals surface area contributed by atoms with Gasteiger partial charge in [-0.3, -0.25) is 10.1 Å². The normalized spacial score (nSPS) is 25.6. The van der Waals surface area contributed by atoms with Crippen LogP contribution < -0.4 is 5.32 Å². The Morgan fingerprint density at radius 1 is 1.35 bits per heavy atom. The Morgan fingerprint density at radius 3 is 2.59 bits per heavy atom. The minimum atomic E-state index is -4.29. The summed E-state index contributed by atoms with van der Waals surface area (Å²) in [6.45, 7) is 0.450. The molecule has 1 saturated carbocycles. The summed E-state index contributed by atoms with van der Waals surface area (Å²) in [4.78, 5) is 11.3. The van der Waals surface area contributed by atoms with Crippen molar-refractivity contribution in [2.75, 3.05) is 13.1 Å². The lowest BCUT2D eigenvalue weighted by molar-refractivity contribution is -0.153. The molecule has 0 saturated heterocycles. The number of hydrogen-bond acceptors (Lipinski definition) is 3. The molecule has 0 amide bonds. The summed E-state index contributed by atoms with van der Waals surface area (Å²) in [6.07, 6.45) is -0.470. The fourth-order valence-corrected chi connectivity index (χ4v) is 1.97. The highest BCUT2D eigenvalue weighted by molar-refractivity contribution is 5.71. The quantitative estimate of drug-likeness (QED) is 0.781. The van der Waals surface area contributed by atoms with Crippen molar-refractivity contribution in [3.05, 3.63) is 0 Å². The summed E-state index contributed by atoms with van der Waals surface area (Å²) < 4.78 is 40.6. The molecule has 0 radical (unpaired) electrons. The van der Waals surface area contributed by atoms with E-state index in [9.17, 15) is 18.0 Å². The van der Waals surface area contributed by atoms with Crippen LogP contribution in [0.1, 0.15) is 32.6 Å². The molecule has 1 aliphatic carbocycles. The number of rotatable bonds is 4. The second kappa shape index (κ2) is 6.23. The molecule has 1 fully saturated rings. The maximum atomic E-state index is 11.8. The van der Waals surface area contributed by atoms with Gasteiger partial charge in [0.05, 0.1) is 13.1 Å². The maximum Gasteiger partial charge on any atom is 0.401 e. The molecule has 2 unspecified atom stereocenters. The summed E-state index contributed by atoms with van der Waals surface area (Å²) >= 11 is 0. The fraction of sp³-hybridized carbons (Fsp3) is 0.909. The zero-order chi connectivity index (χ0) is 12.9. The molecular weight excluding hydrogens is 235 g/mol. The number of alkyl halides is 3. The van der Waals surface area contributed by atoms with Gasteiger partial charge in [0, 0.05) is 0 Å². The lowest BCUT2D eigenvalue weighted by Gasteiger charge is -2.28. The van der Waals surface area contributed by atoms with E-state index in [4.69, 9.17) is 4.74 Å². The summed E-state index contributed by atoms with van der Waals surface area (Å²) in [7, 11) is 0. The van der Waals surface area contributed by atoms with E-state index in [2.05, 4.69) is 0 Å². The number of ether oxygens (including phenoxy) is 1. The van der Waals surface area contributed by atoms with Crippen LogP contribution in [0.15, 0.2) is 0 Å². The molecule has 6 heteroatoms. The predicted molar refractivity (Wildman–Crippen MR) is 56.4 cm³/mol. The number of nitrogens with one attached hydrogen (secondary N) is 1. The summed E-state index contributed by atoms with van der Waals surface area (Å²) in [5, 5.41) is 2.03. The van der Waals surface area contributed by atoms with Gasteiger partial charge in [-0.1, -0.05) is 13.3 Å². The number of esters is 1. The first-order valence-corrected chi connectivity index (χ1v) is 5.85. The van der Waals surface area contributed by atoms with E-state index < -0.39 is 18.7 Å². The molecule has 0 aromatic carbocycles. The third-order valence-electron chi connectivity index (χ3n) is 2.91. The number of carbonyl (C=O) groups is 1. The molecule has 3 nitrogen and oxygen atoms in total. The molecule has 0 aromatic rings. The lowest BCUT2D eigenvalue weighted by Crippen LogP contribution is -2.36. The highest BCUT2D eigenvalue weighted by Crippen LogP contribution is 2.26.